The van der Waals surface area contributed by atoms with Gasteiger partial charge in [0.25, 0.3) is 5.91 Å². The fourth-order valence-electron chi connectivity index (χ4n) is 3.25. The Kier molecular flexibility index (Phi) is 5.44. The second kappa shape index (κ2) is 7.75. The van der Waals surface area contributed by atoms with E-state index in [1.54, 1.807) is 10.9 Å². The lowest BCUT2D eigenvalue weighted by atomic mass is 10.1. The molecule has 1 saturated heterocycles. The lowest BCUT2D eigenvalue weighted by Gasteiger charge is -2.40. The zero-order valence-corrected chi connectivity index (χ0v) is 14.9. The van der Waals surface area contributed by atoms with Crippen LogP contribution in [0.25, 0.3) is 0 Å². The van der Waals surface area contributed by atoms with Gasteiger partial charge in [-0.15, -0.1) is 5.10 Å². The number of nitrogens with one attached hydrogen (secondary N) is 1. The van der Waals surface area contributed by atoms with Crippen LogP contribution < -0.4 is 5.32 Å². The maximum atomic E-state index is 12.4. The minimum absolute atomic E-state index is 0.00765. The summed E-state index contributed by atoms with van der Waals surface area (Å²) in [7, 11) is 1.98. The van der Waals surface area contributed by atoms with Crippen molar-refractivity contribution in [3.8, 4) is 0 Å². The van der Waals surface area contributed by atoms with Gasteiger partial charge < -0.3 is 14.6 Å². The van der Waals surface area contributed by atoms with E-state index in [4.69, 9.17) is 4.74 Å². The van der Waals surface area contributed by atoms with Crippen LogP contribution in [-0.2, 0) is 18.3 Å². The third kappa shape index (κ3) is 3.57. The van der Waals surface area contributed by atoms with E-state index >= 15 is 0 Å². The molecular weight excluding hydrogens is 322 g/mol. The van der Waals surface area contributed by atoms with E-state index in [9.17, 15) is 4.79 Å². The van der Waals surface area contributed by atoms with Crippen LogP contribution >= 0.6 is 0 Å². The molecule has 0 saturated carbocycles. The van der Waals surface area contributed by atoms with E-state index in [1.807, 2.05) is 24.7 Å². The monoisotopic (exact) mass is 347 g/mol. The second-order valence-electron chi connectivity index (χ2n) is 6.02. The smallest absolute Gasteiger partial charge is 0.271 e. The summed E-state index contributed by atoms with van der Waals surface area (Å²) in [6.07, 6.45) is 5.04. The first-order valence-corrected chi connectivity index (χ1v) is 8.65. The molecule has 0 radical (unpaired) electrons. The van der Waals surface area contributed by atoms with Crippen molar-refractivity contribution in [1.29, 1.82) is 0 Å². The first-order chi connectivity index (χ1) is 12.2. The summed E-state index contributed by atoms with van der Waals surface area (Å²) in [5, 5.41) is 10.7. The highest BCUT2D eigenvalue weighted by Crippen LogP contribution is 2.27. The summed E-state index contributed by atoms with van der Waals surface area (Å²) in [5.41, 5.74) is 0.458. The number of rotatable bonds is 6. The number of ether oxygens (including phenoxy) is 1. The summed E-state index contributed by atoms with van der Waals surface area (Å²) in [6, 6.07) is 0.00765. The molecule has 1 fully saturated rings. The molecule has 1 aliphatic rings. The SMILES string of the molecule is CCN1CCO[C@@H](CNC(=O)c2cnnn2CC)[C@@H]1c1nccn1C. The maximum absolute atomic E-state index is 12.4. The number of nitrogens with zero attached hydrogens (tertiary/aromatic N) is 6. The van der Waals surface area contributed by atoms with Gasteiger partial charge in [0.2, 0.25) is 0 Å². The van der Waals surface area contributed by atoms with Crippen LogP contribution in [-0.4, -0.2) is 67.7 Å². The lowest BCUT2D eigenvalue weighted by molar-refractivity contribution is -0.0720. The predicted octanol–water partition coefficient (Wildman–Crippen LogP) is 0.223. The number of aryl methyl sites for hydroxylation is 2. The van der Waals surface area contributed by atoms with Gasteiger partial charge in [-0.3, -0.25) is 9.69 Å². The van der Waals surface area contributed by atoms with Crippen molar-refractivity contribution in [1.82, 2.24) is 34.8 Å². The summed E-state index contributed by atoms with van der Waals surface area (Å²) in [4.78, 5) is 19.3. The Morgan fingerprint density at radius 1 is 1.40 bits per heavy atom. The van der Waals surface area contributed by atoms with Gasteiger partial charge in [-0.05, 0) is 13.5 Å². The summed E-state index contributed by atoms with van der Waals surface area (Å²) < 4.78 is 9.56. The average Bonchev–Trinajstić information content (AvgIpc) is 3.27. The predicted molar refractivity (Wildman–Crippen MR) is 91.0 cm³/mol. The zero-order valence-electron chi connectivity index (χ0n) is 14.9. The fourth-order valence-corrected chi connectivity index (χ4v) is 3.25. The third-order valence-electron chi connectivity index (χ3n) is 4.60. The van der Waals surface area contributed by atoms with Gasteiger partial charge in [-0.2, -0.15) is 0 Å². The van der Waals surface area contributed by atoms with Crippen molar-refractivity contribution in [2.45, 2.75) is 32.5 Å². The van der Waals surface area contributed by atoms with E-state index in [2.05, 4.69) is 32.4 Å². The van der Waals surface area contributed by atoms with Crippen molar-refractivity contribution in [3.63, 3.8) is 0 Å². The number of aromatic nitrogens is 5. The molecule has 3 heterocycles. The van der Waals surface area contributed by atoms with E-state index in [0.717, 1.165) is 18.9 Å². The topological polar surface area (TPSA) is 90.1 Å². The maximum Gasteiger partial charge on any atom is 0.271 e. The average molecular weight is 347 g/mol. The van der Waals surface area contributed by atoms with E-state index in [1.165, 1.54) is 6.20 Å². The van der Waals surface area contributed by atoms with E-state index < -0.39 is 0 Å². The molecule has 9 nitrogen and oxygen atoms in total. The fraction of sp³-hybridized carbons (Fsp3) is 0.625. The van der Waals surface area contributed by atoms with Gasteiger partial charge in [-0.25, -0.2) is 9.67 Å². The number of carbonyl (C=O) groups is 1. The molecule has 1 amide bonds. The van der Waals surface area contributed by atoms with Crippen molar-refractivity contribution < 1.29 is 9.53 Å². The van der Waals surface area contributed by atoms with Crippen LogP contribution in [0.3, 0.4) is 0 Å². The quantitative estimate of drug-likeness (QED) is 0.804. The molecule has 0 spiro atoms. The highest BCUT2D eigenvalue weighted by Gasteiger charge is 2.35. The number of carbonyl (C=O) groups excluding carboxylic acids is 1. The first kappa shape index (κ1) is 17.6. The zero-order chi connectivity index (χ0) is 17.8. The minimum atomic E-state index is -0.192. The van der Waals surface area contributed by atoms with Gasteiger partial charge >= 0.3 is 0 Å². The highest BCUT2D eigenvalue weighted by molar-refractivity contribution is 5.92. The Morgan fingerprint density at radius 2 is 2.24 bits per heavy atom. The van der Waals surface area contributed by atoms with Crippen LogP contribution in [0.1, 0.15) is 36.2 Å². The van der Waals surface area contributed by atoms with Crippen molar-refractivity contribution in [2.24, 2.45) is 7.05 Å². The van der Waals surface area contributed by atoms with Gasteiger partial charge in [0.15, 0.2) is 0 Å². The van der Waals surface area contributed by atoms with Gasteiger partial charge in [0, 0.05) is 39.1 Å². The molecule has 0 aromatic carbocycles. The Balaban J connectivity index is 1.73. The standard InChI is InChI=1S/C16H25N7O2/c1-4-22-8-9-25-13(14(22)15-17-6-7-21(15)3)11-18-16(24)12-10-19-20-23(12)5-2/h6-7,10,13-14H,4-5,8-9,11H2,1-3H3,(H,18,24)/t13-,14+/m0/s1. The Hall–Kier alpha value is -2.26. The molecule has 0 bridgehead atoms. The van der Waals surface area contributed by atoms with Gasteiger partial charge in [0.05, 0.1) is 24.9 Å². The molecular formula is C16H25N7O2. The molecule has 2 atom stereocenters. The van der Waals surface area contributed by atoms with E-state index in [0.29, 0.717) is 25.4 Å². The van der Waals surface area contributed by atoms with E-state index in [-0.39, 0.29) is 18.1 Å². The largest absolute Gasteiger partial charge is 0.373 e. The molecule has 0 aliphatic carbocycles. The molecule has 0 unspecified atom stereocenters. The summed E-state index contributed by atoms with van der Waals surface area (Å²) in [5.74, 6) is 0.753. The van der Waals surface area contributed by atoms with Crippen LogP contribution in [0.2, 0.25) is 0 Å². The van der Waals surface area contributed by atoms with Crippen molar-refractivity contribution >= 4 is 5.91 Å². The Morgan fingerprint density at radius 3 is 2.92 bits per heavy atom. The Labute approximate surface area is 147 Å². The minimum Gasteiger partial charge on any atom is -0.373 e. The highest BCUT2D eigenvalue weighted by atomic mass is 16.5. The number of hydrogen-bond acceptors (Lipinski definition) is 6. The molecule has 25 heavy (non-hydrogen) atoms. The number of amides is 1. The molecule has 3 rings (SSSR count). The molecule has 1 aliphatic heterocycles. The number of imidazole rings is 1. The van der Waals surface area contributed by atoms with Crippen molar-refractivity contribution in [2.75, 3.05) is 26.2 Å². The molecule has 9 heteroatoms. The number of hydrogen-bond donors (Lipinski definition) is 1. The molecule has 1 N–H and O–H groups in total. The normalized spacial score (nSPS) is 21.4. The number of morpholine rings is 1. The van der Waals surface area contributed by atoms with Gasteiger partial charge in [0.1, 0.15) is 11.5 Å². The number of likely N-dealkylation sites (N-methyl/N-ethyl adjacent to an activating group) is 1. The van der Waals surface area contributed by atoms with Crippen LogP contribution in [0, 0.1) is 0 Å². The van der Waals surface area contributed by atoms with Gasteiger partial charge in [-0.1, -0.05) is 12.1 Å². The molecule has 2 aromatic heterocycles. The first-order valence-electron chi connectivity index (χ1n) is 8.65. The summed E-state index contributed by atoms with van der Waals surface area (Å²) >= 11 is 0. The lowest BCUT2D eigenvalue weighted by Crippen LogP contribution is -2.50. The molecule has 136 valence electrons. The van der Waals surface area contributed by atoms with Crippen LogP contribution in [0.5, 0.6) is 0 Å². The van der Waals surface area contributed by atoms with Crippen LogP contribution in [0.15, 0.2) is 18.6 Å². The molecule has 2 aromatic rings. The summed E-state index contributed by atoms with van der Waals surface area (Å²) in [6.45, 7) is 7.45. The van der Waals surface area contributed by atoms with Crippen molar-refractivity contribution in [3.05, 3.63) is 30.1 Å². The Bertz CT molecular complexity index is 711. The third-order valence-corrected chi connectivity index (χ3v) is 4.60. The van der Waals surface area contributed by atoms with Crippen LogP contribution in [0.4, 0.5) is 0 Å². The second-order valence-corrected chi connectivity index (χ2v) is 6.02.